The molecule has 0 fully saturated rings. The molecule has 2 aromatic rings. The number of halogens is 2. The molecule has 0 aliphatic rings. The van der Waals surface area contributed by atoms with E-state index >= 15 is 0 Å². The largest absolute Gasteiger partial charge is 0.465 e. The van der Waals surface area contributed by atoms with Crippen LogP contribution in [0.4, 0.5) is 8.78 Å². The van der Waals surface area contributed by atoms with Crippen molar-refractivity contribution in [1.82, 2.24) is 9.55 Å². The zero-order valence-corrected chi connectivity index (χ0v) is 14.2. The van der Waals surface area contributed by atoms with Crippen molar-refractivity contribution in [2.24, 2.45) is 0 Å². The van der Waals surface area contributed by atoms with Crippen LogP contribution in [0.25, 0.3) is 0 Å². The average molecular weight is 354 g/mol. The van der Waals surface area contributed by atoms with E-state index in [1.165, 1.54) is 23.8 Å². The zero-order chi connectivity index (χ0) is 17.9. The standard InChI is InChI=1S/C16H16F2N2O3S/c1-9(2)20-14(21)12(15(22)23-3)7-19-16(20)24-8-10-4-5-11(17)6-13(10)18/h4-7,9H,8H2,1-3H3. The Balaban J connectivity index is 2.35. The van der Waals surface area contributed by atoms with Crippen molar-refractivity contribution >= 4 is 17.7 Å². The van der Waals surface area contributed by atoms with Gasteiger partial charge in [-0.3, -0.25) is 9.36 Å². The Morgan fingerprint density at radius 2 is 2.08 bits per heavy atom. The molecular weight excluding hydrogens is 338 g/mol. The van der Waals surface area contributed by atoms with E-state index in [1.54, 1.807) is 13.8 Å². The molecule has 0 N–H and O–H groups in total. The Morgan fingerprint density at radius 3 is 2.67 bits per heavy atom. The van der Waals surface area contributed by atoms with E-state index in [2.05, 4.69) is 9.72 Å². The molecule has 5 nitrogen and oxygen atoms in total. The van der Waals surface area contributed by atoms with Crippen molar-refractivity contribution in [1.29, 1.82) is 0 Å². The first-order valence-electron chi connectivity index (χ1n) is 7.11. The quantitative estimate of drug-likeness (QED) is 0.469. The minimum atomic E-state index is -0.761. The van der Waals surface area contributed by atoms with Gasteiger partial charge in [0.1, 0.15) is 17.2 Å². The first kappa shape index (κ1) is 18.1. The molecule has 0 saturated carbocycles. The number of esters is 1. The summed E-state index contributed by atoms with van der Waals surface area (Å²) in [5.74, 6) is -1.90. The molecule has 1 aromatic heterocycles. The normalized spacial score (nSPS) is 10.9. The molecule has 24 heavy (non-hydrogen) atoms. The maximum absolute atomic E-state index is 13.7. The van der Waals surface area contributed by atoms with Gasteiger partial charge >= 0.3 is 5.97 Å². The van der Waals surface area contributed by atoms with Gasteiger partial charge < -0.3 is 4.74 Å². The Labute approximate surface area is 141 Å². The third kappa shape index (κ3) is 3.81. The summed E-state index contributed by atoms with van der Waals surface area (Å²) in [6.45, 7) is 3.54. The molecule has 8 heteroatoms. The number of rotatable bonds is 5. The van der Waals surface area contributed by atoms with Gasteiger partial charge in [-0.25, -0.2) is 18.6 Å². The minimum Gasteiger partial charge on any atom is -0.465 e. The molecule has 2 rings (SSSR count). The van der Waals surface area contributed by atoms with Crippen LogP contribution in [0.15, 0.2) is 34.3 Å². The molecule has 0 unspecified atom stereocenters. The zero-order valence-electron chi connectivity index (χ0n) is 13.4. The smallest absolute Gasteiger partial charge is 0.345 e. The Morgan fingerprint density at radius 1 is 1.38 bits per heavy atom. The highest BCUT2D eigenvalue weighted by Gasteiger charge is 2.19. The van der Waals surface area contributed by atoms with Crippen LogP contribution >= 0.6 is 11.8 Å². The molecule has 0 saturated heterocycles. The Kier molecular flexibility index (Phi) is 5.71. The maximum atomic E-state index is 13.7. The van der Waals surface area contributed by atoms with Gasteiger partial charge in [-0.1, -0.05) is 17.8 Å². The summed E-state index contributed by atoms with van der Waals surface area (Å²) in [4.78, 5) is 28.2. The third-order valence-electron chi connectivity index (χ3n) is 3.25. The number of ether oxygens (including phenoxy) is 1. The molecule has 0 spiro atoms. The molecule has 0 amide bonds. The summed E-state index contributed by atoms with van der Waals surface area (Å²) in [5.41, 5.74) is -0.388. The van der Waals surface area contributed by atoms with Crippen LogP contribution in [0.2, 0.25) is 0 Å². The number of nitrogens with zero attached hydrogens (tertiary/aromatic N) is 2. The number of carbonyl (C=O) groups is 1. The van der Waals surface area contributed by atoms with Crippen molar-refractivity contribution in [3.63, 3.8) is 0 Å². The van der Waals surface area contributed by atoms with Crippen LogP contribution in [0.1, 0.15) is 35.8 Å². The van der Waals surface area contributed by atoms with Gasteiger partial charge in [-0.05, 0) is 25.5 Å². The molecule has 1 heterocycles. The second-order valence-electron chi connectivity index (χ2n) is 5.24. The molecule has 0 aliphatic heterocycles. The van der Waals surface area contributed by atoms with E-state index in [0.29, 0.717) is 10.7 Å². The first-order valence-corrected chi connectivity index (χ1v) is 8.10. The lowest BCUT2D eigenvalue weighted by atomic mass is 10.2. The van der Waals surface area contributed by atoms with Crippen LogP contribution < -0.4 is 5.56 Å². The predicted molar refractivity (Wildman–Crippen MR) is 86.1 cm³/mol. The number of hydrogen-bond acceptors (Lipinski definition) is 5. The molecule has 0 aliphatic carbocycles. The highest BCUT2D eigenvalue weighted by molar-refractivity contribution is 7.98. The number of benzene rings is 1. The molecule has 0 bridgehead atoms. The van der Waals surface area contributed by atoms with Crippen LogP contribution in [0.3, 0.4) is 0 Å². The van der Waals surface area contributed by atoms with E-state index in [0.717, 1.165) is 24.0 Å². The molecule has 0 radical (unpaired) electrons. The monoisotopic (exact) mass is 354 g/mol. The van der Waals surface area contributed by atoms with Crippen molar-refractivity contribution in [2.75, 3.05) is 7.11 Å². The highest BCUT2D eigenvalue weighted by Crippen LogP contribution is 2.24. The lowest BCUT2D eigenvalue weighted by Gasteiger charge is -2.15. The molecule has 0 atom stereocenters. The van der Waals surface area contributed by atoms with Crippen molar-refractivity contribution in [3.05, 3.63) is 57.5 Å². The lowest BCUT2D eigenvalue weighted by Crippen LogP contribution is -2.30. The van der Waals surface area contributed by atoms with Gasteiger partial charge in [0, 0.05) is 17.9 Å². The van der Waals surface area contributed by atoms with Gasteiger partial charge in [0.05, 0.1) is 13.3 Å². The topological polar surface area (TPSA) is 61.2 Å². The third-order valence-corrected chi connectivity index (χ3v) is 4.27. The van der Waals surface area contributed by atoms with Crippen LogP contribution in [-0.2, 0) is 10.5 Å². The number of hydrogen-bond donors (Lipinski definition) is 0. The van der Waals surface area contributed by atoms with E-state index in [9.17, 15) is 18.4 Å². The summed E-state index contributed by atoms with van der Waals surface area (Å²) in [6, 6.07) is 3.06. The van der Waals surface area contributed by atoms with Gasteiger partial charge in [0.15, 0.2) is 5.16 Å². The summed E-state index contributed by atoms with van der Waals surface area (Å²) in [7, 11) is 1.18. The average Bonchev–Trinajstić information content (AvgIpc) is 2.53. The summed E-state index contributed by atoms with van der Waals surface area (Å²) < 4.78 is 32.6. The summed E-state index contributed by atoms with van der Waals surface area (Å²) >= 11 is 1.13. The van der Waals surface area contributed by atoms with Gasteiger partial charge in [-0.2, -0.15) is 0 Å². The summed E-state index contributed by atoms with van der Waals surface area (Å²) in [5, 5.41) is 0.339. The number of methoxy groups -OCH3 is 1. The first-order chi connectivity index (χ1) is 11.3. The van der Waals surface area contributed by atoms with E-state index in [-0.39, 0.29) is 17.4 Å². The number of thioether (sulfide) groups is 1. The molecule has 128 valence electrons. The fourth-order valence-corrected chi connectivity index (χ4v) is 3.13. The summed E-state index contributed by atoms with van der Waals surface area (Å²) in [6.07, 6.45) is 1.15. The Hall–Kier alpha value is -2.22. The SMILES string of the molecule is COC(=O)c1cnc(SCc2ccc(F)cc2F)n(C(C)C)c1=O. The lowest BCUT2D eigenvalue weighted by molar-refractivity contribution is 0.0596. The number of carbonyl (C=O) groups excluding carboxylic acids is 1. The van der Waals surface area contributed by atoms with E-state index in [4.69, 9.17) is 0 Å². The minimum absolute atomic E-state index is 0.163. The molecular formula is C16H16F2N2O3S. The van der Waals surface area contributed by atoms with E-state index in [1.807, 2.05) is 0 Å². The maximum Gasteiger partial charge on any atom is 0.345 e. The molecule has 1 aromatic carbocycles. The fourth-order valence-electron chi connectivity index (χ4n) is 2.05. The van der Waals surface area contributed by atoms with Crippen molar-refractivity contribution < 1.29 is 18.3 Å². The van der Waals surface area contributed by atoms with Crippen LogP contribution in [-0.4, -0.2) is 22.6 Å². The number of aromatic nitrogens is 2. The van der Waals surface area contributed by atoms with Crippen LogP contribution in [0.5, 0.6) is 0 Å². The van der Waals surface area contributed by atoms with Gasteiger partial charge in [-0.15, -0.1) is 0 Å². The second kappa shape index (κ2) is 7.57. The van der Waals surface area contributed by atoms with E-state index < -0.39 is 23.2 Å². The van der Waals surface area contributed by atoms with Crippen LogP contribution in [0, 0.1) is 11.6 Å². The van der Waals surface area contributed by atoms with Crippen molar-refractivity contribution in [3.8, 4) is 0 Å². The fraction of sp³-hybridized carbons (Fsp3) is 0.312. The predicted octanol–water partition coefficient (Wildman–Crippen LogP) is 3.18. The van der Waals surface area contributed by atoms with Gasteiger partial charge in [0.2, 0.25) is 0 Å². The highest BCUT2D eigenvalue weighted by atomic mass is 32.2. The van der Waals surface area contributed by atoms with Gasteiger partial charge in [0.25, 0.3) is 5.56 Å². The second-order valence-corrected chi connectivity index (χ2v) is 6.18. The Bertz CT molecular complexity index is 821. The van der Waals surface area contributed by atoms with Crippen molar-refractivity contribution in [2.45, 2.75) is 30.8 Å².